The van der Waals surface area contributed by atoms with Crippen molar-refractivity contribution in [2.24, 2.45) is 0 Å². The molecule has 0 aromatic heterocycles. The van der Waals surface area contributed by atoms with Gasteiger partial charge in [-0.05, 0) is 37.6 Å². The fourth-order valence-corrected chi connectivity index (χ4v) is 2.11. The van der Waals surface area contributed by atoms with Crippen LogP contribution in [0.4, 0.5) is 5.69 Å². The van der Waals surface area contributed by atoms with Crippen LogP contribution in [0, 0.1) is 6.92 Å². The number of rotatable bonds is 5. The zero-order valence-electron chi connectivity index (χ0n) is 9.75. The molecule has 1 N–H and O–H groups in total. The van der Waals surface area contributed by atoms with Crippen LogP contribution >= 0.6 is 23.4 Å². The van der Waals surface area contributed by atoms with Gasteiger partial charge in [0.1, 0.15) is 5.78 Å². The lowest BCUT2D eigenvalue weighted by atomic mass is 10.2. The third-order valence-electron chi connectivity index (χ3n) is 2.00. The largest absolute Gasteiger partial charge is 0.325 e. The van der Waals surface area contributed by atoms with Crippen LogP contribution in [0.3, 0.4) is 0 Å². The summed E-state index contributed by atoms with van der Waals surface area (Å²) in [6, 6.07) is 5.29. The van der Waals surface area contributed by atoms with Gasteiger partial charge in [-0.3, -0.25) is 9.59 Å². The van der Waals surface area contributed by atoms with Crippen LogP contribution < -0.4 is 5.32 Å². The van der Waals surface area contributed by atoms with Gasteiger partial charge in [0.15, 0.2) is 0 Å². The molecular formula is C12H14ClNO2S. The van der Waals surface area contributed by atoms with Gasteiger partial charge in [-0.1, -0.05) is 11.6 Å². The van der Waals surface area contributed by atoms with Crippen molar-refractivity contribution in [1.29, 1.82) is 0 Å². The van der Waals surface area contributed by atoms with Gasteiger partial charge < -0.3 is 5.32 Å². The Labute approximate surface area is 110 Å². The summed E-state index contributed by atoms with van der Waals surface area (Å²) in [4.78, 5) is 22.3. The maximum Gasteiger partial charge on any atom is 0.234 e. The van der Waals surface area contributed by atoms with E-state index < -0.39 is 0 Å². The van der Waals surface area contributed by atoms with Crippen LogP contribution in [0.2, 0.25) is 5.02 Å². The highest BCUT2D eigenvalue weighted by molar-refractivity contribution is 8.00. The number of ketones is 1. The molecule has 0 fully saturated rings. The number of hydrogen-bond acceptors (Lipinski definition) is 3. The Morgan fingerprint density at radius 2 is 2.06 bits per heavy atom. The first-order valence-corrected chi connectivity index (χ1v) is 6.65. The molecule has 1 aromatic carbocycles. The number of aryl methyl sites for hydroxylation is 1. The molecule has 1 rings (SSSR count). The second-order valence-corrected chi connectivity index (χ2v) is 5.12. The normalized spacial score (nSPS) is 10.1. The second kappa shape index (κ2) is 6.67. The Morgan fingerprint density at radius 3 is 2.65 bits per heavy atom. The van der Waals surface area contributed by atoms with Gasteiger partial charge in [0.2, 0.25) is 5.91 Å². The first-order chi connectivity index (χ1) is 7.99. The Balaban J connectivity index is 2.48. The van der Waals surface area contributed by atoms with E-state index in [0.29, 0.717) is 10.8 Å². The number of amides is 1. The monoisotopic (exact) mass is 271 g/mol. The van der Waals surface area contributed by atoms with Crippen molar-refractivity contribution in [3.05, 3.63) is 28.8 Å². The van der Waals surface area contributed by atoms with Crippen molar-refractivity contribution >= 4 is 40.7 Å². The van der Waals surface area contributed by atoms with Gasteiger partial charge in [-0.15, -0.1) is 11.8 Å². The number of thioether (sulfide) groups is 1. The van der Waals surface area contributed by atoms with Crippen molar-refractivity contribution in [3.63, 3.8) is 0 Å². The van der Waals surface area contributed by atoms with E-state index in [1.54, 1.807) is 18.2 Å². The van der Waals surface area contributed by atoms with E-state index >= 15 is 0 Å². The zero-order chi connectivity index (χ0) is 12.8. The Hall–Kier alpha value is -1.00. The summed E-state index contributed by atoms with van der Waals surface area (Å²) in [5.74, 6) is 0.612. The number of nitrogens with one attached hydrogen (secondary N) is 1. The van der Waals surface area contributed by atoms with Crippen LogP contribution in [-0.4, -0.2) is 23.2 Å². The Bertz CT molecular complexity index is 435. The van der Waals surface area contributed by atoms with E-state index in [0.717, 1.165) is 11.3 Å². The summed E-state index contributed by atoms with van der Waals surface area (Å²) >= 11 is 7.13. The van der Waals surface area contributed by atoms with E-state index in [4.69, 9.17) is 11.6 Å². The van der Waals surface area contributed by atoms with Gasteiger partial charge >= 0.3 is 0 Å². The summed E-state index contributed by atoms with van der Waals surface area (Å²) in [7, 11) is 0. The van der Waals surface area contributed by atoms with Crippen molar-refractivity contribution in [2.75, 3.05) is 16.8 Å². The molecule has 0 saturated heterocycles. The number of halogens is 1. The van der Waals surface area contributed by atoms with Gasteiger partial charge in [0.05, 0.1) is 11.5 Å². The molecule has 3 nitrogen and oxygen atoms in total. The minimum Gasteiger partial charge on any atom is -0.325 e. The molecule has 0 bridgehead atoms. The summed E-state index contributed by atoms with van der Waals surface area (Å²) in [6.07, 6.45) is 0. The predicted octanol–water partition coefficient (Wildman–Crippen LogP) is 2.91. The standard InChI is InChI=1S/C12H14ClNO2S/c1-8-5-10(13)3-4-11(8)14-12(16)7-17-6-9(2)15/h3-5H,6-7H2,1-2H3,(H,14,16). The number of hydrogen-bond donors (Lipinski definition) is 1. The highest BCUT2D eigenvalue weighted by Crippen LogP contribution is 2.19. The molecule has 0 aliphatic rings. The van der Waals surface area contributed by atoms with Crippen LogP contribution in [0.15, 0.2) is 18.2 Å². The topological polar surface area (TPSA) is 46.2 Å². The third kappa shape index (κ3) is 5.24. The molecule has 0 aliphatic carbocycles. The zero-order valence-corrected chi connectivity index (χ0v) is 11.3. The summed E-state index contributed by atoms with van der Waals surface area (Å²) in [5.41, 5.74) is 1.67. The van der Waals surface area contributed by atoms with Crippen LogP contribution in [0.5, 0.6) is 0 Å². The average molecular weight is 272 g/mol. The van der Waals surface area contributed by atoms with Crippen molar-refractivity contribution in [3.8, 4) is 0 Å². The molecule has 0 heterocycles. The lowest BCUT2D eigenvalue weighted by molar-refractivity contribution is -0.114. The number of anilines is 1. The molecule has 0 saturated carbocycles. The Morgan fingerprint density at radius 1 is 1.35 bits per heavy atom. The van der Waals surface area contributed by atoms with Crippen LogP contribution in [0.25, 0.3) is 0 Å². The van der Waals surface area contributed by atoms with E-state index in [9.17, 15) is 9.59 Å². The molecule has 0 spiro atoms. The smallest absolute Gasteiger partial charge is 0.234 e. The second-order valence-electron chi connectivity index (χ2n) is 3.70. The lowest BCUT2D eigenvalue weighted by Gasteiger charge is -2.08. The van der Waals surface area contributed by atoms with E-state index in [-0.39, 0.29) is 17.4 Å². The fourth-order valence-electron chi connectivity index (χ4n) is 1.24. The minimum absolute atomic E-state index is 0.0745. The van der Waals surface area contributed by atoms with Crippen molar-refractivity contribution in [2.45, 2.75) is 13.8 Å². The molecule has 0 aliphatic heterocycles. The molecule has 0 radical (unpaired) electrons. The van der Waals surface area contributed by atoms with Crippen molar-refractivity contribution in [1.82, 2.24) is 0 Å². The summed E-state index contributed by atoms with van der Waals surface area (Å²) in [5, 5.41) is 3.43. The van der Waals surface area contributed by atoms with Crippen LogP contribution in [0.1, 0.15) is 12.5 Å². The van der Waals surface area contributed by atoms with E-state index in [1.165, 1.54) is 18.7 Å². The maximum atomic E-state index is 11.6. The van der Waals surface area contributed by atoms with E-state index in [1.807, 2.05) is 6.92 Å². The average Bonchev–Trinajstić information content (AvgIpc) is 2.21. The molecule has 0 atom stereocenters. The number of benzene rings is 1. The molecular weight excluding hydrogens is 258 g/mol. The third-order valence-corrected chi connectivity index (χ3v) is 3.31. The summed E-state index contributed by atoms with van der Waals surface area (Å²) in [6.45, 7) is 3.39. The molecule has 5 heteroatoms. The van der Waals surface area contributed by atoms with E-state index in [2.05, 4.69) is 5.32 Å². The van der Waals surface area contributed by atoms with Gasteiger partial charge in [-0.2, -0.15) is 0 Å². The maximum absolute atomic E-state index is 11.6. The van der Waals surface area contributed by atoms with Gasteiger partial charge in [0, 0.05) is 10.7 Å². The molecule has 92 valence electrons. The lowest BCUT2D eigenvalue weighted by Crippen LogP contribution is -2.15. The molecule has 1 amide bonds. The predicted molar refractivity (Wildman–Crippen MR) is 72.8 cm³/mol. The summed E-state index contributed by atoms with van der Waals surface area (Å²) < 4.78 is 0. The molecule has 0 unspecified atom stereocenters. The number of Topliss-reactive ketones (excluding diaryl/α,β-unsaturated/α-hetero) is 1. The highest BCUT2D eigenvalue weighted by Gasteiger charge is 2.05. The first kappa shape index (κ1) is 14.1. The van der Waals surface area contributed by atoms with Gasteiger partial charge in [0.25, 0.3) is 0 Å². The number of carbonyl (C=O) groups excluding carboxylic acids is 2. The van der Waals surface area contributed by atoms with Crippen LogP contribution in [-0.2, 0) is 9.59 Å². The molecule has 17 heavy (non-hydrogen) atoms. The molecule has 1 aromatic rings. The quantitative estimate of drug-likeness (QED) is 0.896. The highest BCUT2D eigenvalue weighted by atomic mass is 35.5. The fraction of sp³-hybridized carbons (Fsp3) is 0.333. The minimum atomic E-state index is -0.110. The van der Waals surface area contributed by atoms with Gasteiger partial charge in [-0.25, -0.2) is 0 Å². The number of carbonyl (C=O) groups is 2. The SMILES string of the molecule is CC(=O)CSCC(=O)Nc1ccc(Cl)cc1C. The Kier molecular flexibility index (Phi) is 5.51. The van der Waals surface area contributed by atoms with Crippen molar-refractivity contribution < 1.29 is 9.59 Å². The first-order valence-electron chi connectivity index (χ1n) is 5.12.